The molecule has 0 bridgehead atoms. The average molecular weight is 353 g/mol. The van der Waals surface area contributed by atoms with E-state index >= 15 is 0 Å². The van der Waals surface area contributed by atoms with E-state index in [9.17, 15) is 9.59 Å². The van der Waals surface area contributed by atoms with Crippen molar-refractivity contribution in [2.24, 2.45) is 0 Å². The van der Waals surface area contributed by atoms with E-state index in [1.807, 2.05) is 48.7 Å². The van der Waals surface area contributed by atoms with E-state index in [-0.39, 0.29) is 5.91 Å². The average Bonchev–Trinajstić information content (AvgIpc) is 3.19. The van der Waals surface area contributed by atoms with Gasteiger partial charge in [0.25, 0.3) is 5.91 Å². The molecule has 0 radical (unpaired) electrons. The second-order valence-electron chi connectivity index (χ2n) is 5.90. The van der Waals surface area contributed by atoms with Crippen LogP contribution in [0, 0.1) is 6.92 Å². The van der Waals surface area contributed by atoms with Gasteiger partial charge in [-0.2, -0.15) is 0 Å². The van der Waals surface area contributed by atoms with Gasteiger partial charge in [-0.1, -0.05) is 35.9 Å². The van der Waals surface area contributed by atoms with Crippen molar-refractivity contribution in [1.82, 2.24) is 4.90 Å². The summed E-state index contributed by atoms with van der Waals surface area (Å²) in [4.78, 5) is 27.8. The summed E-state index contributed by atoms with van der Waals surface area (Å²) in [5.74, 6) is -0.660. The third-order valence-corrected chi connectivity index (χ3v) is 5.01. The zero-order valence-electron chi connectivity index (χ0n) is 14.4. The van der Waals surface area contributed by atoms with Gasteiger partial charge in [0.2, 0.25) is 0 Å². The molecule has 1 aromatic carbocycles. The van der Waals surface area contributed by atoms with Crippen LogP contribution < -0.4 is 0 Å². The molecule has 0 saturated heterocycles. The third-order valence-electron chi connectivity index (χ3n) is 4.19. The molecular formula is C20H19NO3S. The molecule has 0 unspecified atom stereocenters. The second kappa shape index (κ2) is 7.07. The van der Waals surface area contributed by atoms with Crippen LogP contribution in [0.2, 0.25) is 0 Å². The molecule has 0 N–H and O–H groups in total. The van der Waals surface area contributed by atoms with Crippen LogP contribution >= 0.6 is 11.3 Å². The summed E-state index contributed by atoms with van der Waals surface area (Å²) in [5, 5.41) is 1.93. The topological polar surface area (TPSA) is 46.6 Å². The van der Waals surface area contributed by atoms with Gasteiger partial charge in [0.05, 0.1) is 24.8 Å². The fraction of sp³-hybridized carbons (Fsp3) is 0.200. The smallest absolute Gasteiger partial charge is 0.340 e. The van der Waals surface area contributed by atoms with Crippen molar-refractivity contribution >= 4 is 29.3 Å². The fourth-order valence-corrected chi connectivity index (χ4v) is 3.47. The van der Waals surface area contributed by atoms with Crippen LogP contribution in [0.25, 0.3) is 6.08 Å². The van der Waals surface area contributed by atoms with Gasteiger partial charge in [-0.3, -0.25) is 4.79 Å². The van der Waals surface area contributed by atoms with Crippen LogP contribution in [-0.4, -0.2) is 23.9 Å². The highest BCUT2D eigenvalue weighted by atomic mass is 32.1. The van der Waals surface area contributed by atoms with Crippen molar-refractivity contribution in [3.63, 3.8) is 0 Å². The molecule has 0 atom stereocenters. The zero-order valence-corrected chi connectivity index (χ0v) is 15.2. The SMILES string of the molecule is COC(=O)C1=C(C)N(Cc2ccc(C)cc2)C(=O)C1=Cc1cccs1. The minimum absolute atomic E-state index is 0.174. The Bertz CT molecular complexity index is 861. The highest BCUT2D eigenvalue weighted by Gasteiger charge is 2.36. The number of hydrogen-bond acceptors (Lipinski definition) is 4. The number of carbonyl (C=O) groups excluding carboxylic acids is 2. The largest absolute Gasteiger partial charge is 0.465 e. The standard InChI is InChI=1S/C20H19NO3S/c1-13-6-8-15(9-7-13)12-21-14(2)18(20(23)24-3)17(19(21)22)11-16-5-4-10-25-16/h4-11H,12H2,1-3H3. The lowest BCUT2D eigenvalue weighted by atomic mass is 10.1. The van der Waals surface area contributed by atoms with Gasteiger partial charge < -0.3 is 9.64 Å². The molecule has 1 aliphatic rings. The van der Waals surface area contributed by atoms with Crippen molar-refractivity contribution in [2.75, 3.05) is 7.11 Å². The summed E-state index contributed by atoms with van der Waals surface area (Å²) >= 11 is 1.52. The zero-order chi connectivity index (χ0) is 18.0. The first-order valence-corrected chi connectivity index (χ1v) is 8.81. The number of carbonyl (C=O) groups is 2. The van der Waals surface area contributed by atoms with Gasteiger partial charge in [-0.25, -0.2) is 4.79 Å². The summed E-state index contributed by atoms with van der Waals surface area (Å²) < 4.78 is 4.90. The van der Waals surface area contributed by atoms with E-state index in [0.717, 1.165) is 16.0 Å². The molecule has 5 heteroatoms. The lowest BCUT2D eigenvalue weighted by molar-refractivity contribution is -0.136. The lowest BCUT2D eigenvalue weighted by Crippen LogP contribution is -2.24. The van der Waals surface area contributed by atoms with E-state index in [4.69, 9.17) is 4.74 Å². The second-order valence-corrected chi connectivity index (χ2v) is 6.88. The molecule has 1 aliphatic heterocycles. The number of aryl methyl sites for hydroxylation is 1. The first-order chi connectivity index (χ1) is 12.0. The number of thiophene rings is 1. The predicted molar refractivity (Wildman–Crippen MR) is 98.7 cm³/mol. The molecule has 2 aromatic rings. The maximum absolute atomic E-state index is 13.0. The van der Waals surface area contributed by atoms with Gasteiger partial charge in [0.15, 0.2) is 0 Å². The maximum Gasteiger partial charge on any atom is 0.340 e. The Balaban J connectivity index is 1.99. The number of rotatable bonds is 4. The Labute approximate surface area is 151 Å². The van der Waals surface area contributed by atoms with Crippen molar-refractivity contribution in [3.05, 3.63) is 74.6 Å². The van der Waals surface area contributed by atoms with Crippen LogP contribution in [0.15, 0.2) is 58.6 Å². The van der Waals surface area contributed by atoms with Gasteiger partial charge >= 0.3 is 5.97 Å². The van der Waals surface area contributed by atoms with Crippen LogP contribution in [0.4, 0.5) is 0 Å². The number of amides is 1. The lowest BCUT2D eigenvalue weighted by Gasteiger charge is -2.18. The highest BCUT2D eigenvalue weighted by Crippen LogP contribution is 2.33. The maximum atomic E-state index is 13.0. The van der Waals surface area contributed by atoms with Crippen molar-refractivity contribution in [2.45, 2.75) is 20.4 Å². The first-order valence-electron chi connectivity index (χ1n) is 7.93. The Morgan fingerprint density at radius 1 is 1.20 bits per heavy atom. The van der Waals surface area contributed by atoms with Gasteiger partial charge in [0, 0.05) is 10.6 Å². The summed E-state index contributed by atoms with van der Waals surface area (Å²) in [6, 6.07) is 11.8. The summed E-state index contributed by atoms with van der Waals surface area (Å²) in [5.41, 5.74) is 3.53. The van der Waals surface area contributed by atoms with Crippen molar-refractivity contribution in [1.29, 1.82) is 0 Å². The number of allylic oxidation sites excluding steroid dienone is 1. The summed E-state index contributed by atoms with van der Waals surface area (Å²) in [6.07, 6.45) is 1.76. The Morgan fingerprint density at radius 3 is 2.52 bits per heavy atom. The number of ether oxygens (including phenoxy) is 1. The van der Waals surface area contributed by atoms with Gasteiger partial charge in [-0.15, -0.1) is 11.3 Å². The molecule has 0 saturated carbocycles. The predicted octanol–water partition coefficient (Wildman–Crippen LogP) is 3.93. The Morgan fingerprint density at radius 2 is 1.92 bits per heavy atom. The molecule has 0 spiro atoms. The molecule has 2 heterocycles. The normalized spacial score (nSPS) is 16.0. The highest BCUT2D eigenvalue weighted by molar-refractivity contribution is 7.10. The van der Waals surface area contributed by atoms with Gasteiger partial charge in [0.1, 0.15) is 0 Å². The summed E-state index contributed by atoms with van der Waals surface area (Å²) in [7, 11) is 1.33. The molecule has 0 fully saturated rings. The van der Waals surface area contributed by atoms with Gasteiger partial charge in [-0.05, 0) is 36.9 Å². The molecule has 25 heavy (non-hydrogen) atoms. The molecule has 128 valence electrons. The number of hydrogen-bond donors (Lipinski definition) is 0. The first kappa shape index (κ1) is 17.2. The Kier molecular flexibility index (Phi) is 4.86. The molecular weight excluding hydrogens is 334 g/mol. The van der Waals surface area contributed by atoms with E-state index in [2.05, 4.69) is 0 Å². The van der Waals surface area contributed by atoms with Crippen LogP contribution in [0.5, 0.6) is 0 Å². The summed E-state index contributed by atoms with van der Waals surface area (Å²) in [6.45, 7) is 4.23. The molecule has 1 amide bonds. The third kappa shape index (κ3) is 3.42. The quantitative estimate of drug-likeness (QED) is 0.618. The number of nitrogens with zero attached hydrogens (tertiary/aromatic N) is 1. The fourth-order valence-electron chi connectivity index (χ4n) is 2.81. The van der Waals surface area contributed by atoms with Crippen LogP contribution in [0.1, 0.15) is 22.9 Å². The molecule has 0 aliphatic carbocycles. The number of benzene rings is 1. The number of esters is 1. The minimum Gasteiger partial charge on any atom is -0.465 e. The van der Waals surface area contributed by atoms with Crippen LogP contribution in [-0.2, 0) is 20.9 Å². The van der Waals surface area contributed by atoms with E-state index in [0.29, 0.717) is 23.4 Å². The number of methoxy groups -OCH3 is 1. The molecule has 3 rings (SSSR count). The van der Waals surface area contributed by atoms with Crippen molar-refractivity contribution < 1.29 is 14.3 Å². The van der Waals surface area contributed by atoms with E-state index < -0.39 is 5.97 Å². The monoisotopic (exact) mass is 353 g/mol. The van der Waals surface area contributed by atoms with E-state index in [1.54, 1.807) is 17.9 Å². The molecule has 4 nitrogen and oxygen atoms in total. The minimum atomic E-state index is -0.486. The Hall–Kier alpha value is -2.66. The van der Waals surface area contributed by atoms with E-state index in [1.165, 1.54) is 18.4 Å². The van der Waals surface area contributed by atoms with Crippen LogP contribution in [0.3, 0.4) is 0 Å². The van der Waals surface area contributed by atoms with Crippen molar-refractivity contribution in [3.8, 4) is 0 Å². The molecule has 1 aromatic heterocycles.